The number of hydrogen-bond acceptors (Lipinski definition) is 9. The summed E-state index contributed by atoms with van der Waals surface area (Å²) < 4.78 is 0. The van der Waals surface area contributed by atoms with E-state index in [0.29, 0.717) is 45.5 Å². The first-order chi connectivity index (χ1) is 18.0. The summed E-state index contributed by atoms with van der Waals surface area (Å²) in [6.45, 7) is 3.61. The number of rotatable bonds is 7. The molecule has 3 aromatic heterocycles. The predicted molar refractivity (Wildman–Crippen MR) is 144 cm³/mol. The van der Waals surface area contributed by atoms with E-state index in [1.165, 1.54) is 0 Å². The minimum Gasteiger partial charge on any atom is -0.325 e. The Labute approximate surface area is 219 Å². The normalized spacial score (nSPS) is 13.7. The number of amides is 1. The van der Waals surface area contributed by atoms with E-state index in [4.69, 9.17) is 11.6 Å². The van der Waals surface area contributed by atoms with E-state index in [1.54, 1.807) is 42.7 Å². The lowest BCUT2D eigenvalue weighted by Gasteiger charge is -2.22. The number of piperidine rings is 1. The van der Waals surface area contributed by atoms with E-state index in [9.17, 15) is 4.79 Å². The van der Waals surface area contributed by atoms with Crippen LogP contribution in [0.5, 0.6) is 0 Å². The van der Waals surface area contributed by atoms with Crippen LogP contribution in [0.25, 0.3) is 11.5 Å². The molecule has 0 spiro atoms. The van der Waals surface area contributed by atoms with Crippen LogP contribution in [0.2, 0.25) is 5.02 Å². The SMILES string of the molecule is Cc1cccc(-c2nccc(Nc3ccnc(Nc4ccc(Cl)c(NC(=O)C5CCNCC5)c4)n3)n2)n1. The Morgan fingerprint density at radius 3 is 2.54 bits per heavy atom. The van der Waals surface area contributed by atoms with E-state index in [1.807, 2.05) is 25.1 Å². The standard InChI is InChI=1S/C26H26ClN9O/c1-16-3-2-4-20(31-16)24-29-13-9-22(35-24)34-23-10-14-30-26(36-23)32-18-5-6-19(27)21(15-18)33-25(37)17-7-11-28-12-8-17/h2-6,9-10,13-15,17,28H,7-8,11-12H2,1H3,(H,33,37)(H2,29,30,32,34,35,36). The van der Waals surface area contributed by atoms with Gasteiger partial charge < -0.3 is 21.3 Å². The van der Waals surface area contributed by atoms with Crippen molar-refractivity contribution in [2.24, 2.45) is 5.92 Å². The minimum atomic E-state index is -0.0240. The third kappa shape index (κ3) is 6.35. The highest BCUT2D eigenvalue weighted by atomic mass is 35.5. The number of carbonyl (C=O) groups excluding carboxylic acids is 1. The average Bonchev–Trinajstić information content (AvgIpc) is 2.91. The Morgan fingerprint density at radius 1 is 0.946 bits per heavy atom. The van der Waals surface area contributed by atoms with Crippen LogP contribution in [0.1, 0.15) is 18.5 Å². The van der Waals surface area contributed by atoms with Gasteiger partial charge in [0.05, 0.1) is 10.7 Å². The number of halogens is 1. The van der Waals surface area contributed by atoms with Crippen molar-refractivity contribution in [3.8, 4) is 11.5 Å². The van der Waals surface area contributed by atoms with Gasteiger partial charge in [0.1, 0.15) is 17.3 Å². The number of nitrogens with zero attached hydrogens (tertiary/aromatic N) is 5. The summed E-state index contributed by atoms with van der Waals surface area (Å²) in [4.78, 5) is 34.9. The first-order valence-corrected chi connectivity index (χ1v) is 12.4. The summed E-state index contributed by atoms with van der Waals surface area (Å²) in [6.07, 6.45) is 4.93. The second-order valence-corrected chi connectivity index (χ2v) is 9.06. The largest absolute Gasteiger partial charge is 0.325 e. The molecule has 1 aliphatic rings. The van der Waals surface area contributed by atoms with Gasteiger partial charge in [0.15, 0.2) is 5.82 Å². The third-order valence-electron chi connectivity index (χ3n) is 5.88. The third-order valence-corrected chi connectivity index (χ3v) is 6.20. The second-order valence-electron chi connectivity index (χ2n) is 8.65. The number of benzene rings is 1. The van der Waals surface area contributed by atoms with Gasteiger partial charge in [-0.25, -0.2) is 19.9 Å². The summed E-state index contributed by atoms with van der Waals surface area (Å²) in [7, 11) is 0. The lowest BCUT2D eigenvalue weighted by atomic mass is 9.97. The molecule has 37 heavy (non-hydrogen) atoms. The van der Waals surface area contributed by atoms with E-state index in [0.717, 1.165) is 31.6 Å². The molecular formula is C26H26ClN9O. The monoisotopic (exact) mass is 515 g/mol. The van der Waals surface area contributed by atoms with Crippen molar-refractivity contribution in [3.63, 3.8) is 0 Å². The Kier molecular flexibility index (Phi) is 7.48. The van der Waals surface area contributed by atoms with Crippen LogP contribution in [0.4, 0.5) is 29.0 Å². The lowest BCUT2D eigenvalue weighted by molar-refractivity contribution is -0.120. The number of aryl methyl sites for hydroxylation is 1. The topological polar surface area (TPSA) is 130 Å². The molecule has 0 bridgehead atoms. The average molecular weight is 516 g/mol. The van der Waals surface area contributed by atoms with Crippen LogP contribution < -0.4 is 21.3 Å². The van der Waals surface area contributed by atoms with E-state index in [2.05, 4.69) is 46.2 Å². The molecule has 0 radical (unpaired) electrons. The molecule has 5 rings (SSSR count). The van der Waals surface area contributed by atoms with Crippen LogP contribution in [0, 0.1) is 12.8 Å². The fourth-order valence-corrected chi connectivity index (χ4v) is 4.15. The van der Waals surface area contributed by atoms with Crippen molar-refractivity contribution in [1.29, 1.82) is 0 Å². The number of carbonyl (C=O) groups is 1. The van der Waals surface area contributed by atoms with Gasteiger partial charge in [-0.3, -0.25) is 4.79 Å². The van der Waals surface area contributed by atoms with Gasteiger partial charge in [0.2, 0.25) is 11.9 Å². The summed E-state index contributed by atoms with van der Waals surface area (Å²) >= 11 is 6.35. The molecule has 0 saturated carbocycles. The maximum atomic E-state index is 12.7. The Morgan fingerprint density at radius 2 is 1.73 bits per heavy atom. The molecular weight excluding hydrogens is 490 g/mol. The summed E-state index contributed by atoms with van der Waals surface area (Å²) in [6, 6.07) is 14.5. The molecule has 0 aliphatic carbocycles. The van der Waals surface area contributed by atoms with Crippen molar-refractivity contribution < 1.29 is 4.79 Å². The highest BCUT2D eigenvalue weighted by Crippen LogP contribution is 2.28. The van der Waals surface area contributed by atoms with Crippen LogP contribution >= 0.6 is 11.6 Å². The number of nitrogens with one attached hydrogen (secondary N) is 4. The van der Waals surface area contributed by atoms with Gasteiger partial charge in [0, 0.05) is 29.7 Å². The lowest BCUT2D eigenvalue weighted by Crippen LogP contribution is -2.34. The van der Waals surface area contributed by atoms with Crippen molar-refractivity contribution in [1.82, 2.24) is 30.2 Å². The van der Waals surface area contributed by atoms with E-state index < -0.39 is 0 Å². The number of hydrogen-bond donors (Lipinski definition) is 4. The number of pyridine rings is 1. The van der Waals surface area contributed by atoms with Gasteiger partial charge in [-0.05, 0) is 75.3 Å². The Hall–Kier alpha value is -4.15. The molecule has 0 unspecified atom stereocenters. The molecule has 1 aliphatic heterocycles. The van der Waals surface area contributed by atoms with Gasteiger partial charge in [-0.1, -0.05) is 17.7 Å². The molecule has 1 fully saturated rings. The number of aromatic nitrogens is 5. The second kappa shape index (κ2) is 11.3. The summed E-state index contributed by atoms with van der Waals surface area (Å²) in [5, 5.41) is 13.0. The van der Waals surface area contributed by atoms with Crippen molar-refractivity contribution in [2.75, 3.05) is 29.0 Å². The molecule has 4 N–H and O–H groups in total. The molecule has 10 nitrogen and oxygen atoms in total. The molecule has 1 amide bonds. The van der Waals surface area contributed by atoms with Crippen molar-refractivity contribution in [2.45, 2.75) is 19.8 Å². The molecule has 4 aromatic rings. The van der Waals surface area contributed by atoms with Crippen LogP contribution in [0.3, 0.4) is 0 Å². The quantitative estimate of drug-likeness (QED) is 0.276. The first-order valence-electron chi connectivity index (χ1n) is 12.0. The van der Waals surface area contributed by atoms with Gasteiger partial charge in [-0.15, -0.1) is 0 Å². The van der Waals surface area contributed by atoms with E-state index >= 15 is 0 Å². The van der Waals surface area contributed by atoms with Gasteiger partial charge >= 0.3 is 0 Å². The zero-order chi connectivity index (χ0) is 25.6. The fraction of sp³-hybridized carbons (Fsp3) is 0.231. The zero-order valence-corrected chi connectivity index (χ0v) is 21.0. The highest BCUT2D eigenvalue weighted by molar-refractivity contribution is 6.33. The summed E-state index contributed by atoms with van der Waals surface area (Å²) in [5.74, 6) is 1.97. The van der Waals surface area contributed by atoms with Crippen molar-refractivity contribution in [3.05, 3.63) is 71.6 Å². The Balaban J connectivity index is 1.28. The molecule has 188 valence electrons. The van der Waals surface area contributed by atoms with Gasteiger partial charge in [0.25, 0.3) is 0 Å². The van der Waals surface area contributed by atoms with Gasteiger partial charge in [-0.2, -0.15) is 4.98 Å². The fourth-order valence-electron chi connectivity index (χ4n) is 3.99. The maximum absolute atomic E-state index is 12.7. The maximum Gasteiger partial charge on any atom is 0.229 e. The smallest absolute Gasteiger partial charge is 0.229 e. The molecule has 1 saturated heterocycles. The minimum absolute atomic E-state index is 0.0203. The summed E-state index contributed by atoms with van der Waals surface area (Å²) in [5.41, 5.74) is 2.82. The molecule has 1 aromatic carbocycles. The molecule has 11 heteroatoms. The first kappa shape index (κ1) is 24.5. The predicted octanol–water partition coefficient (Wildman–Crippen LogP) is 4.72. The van der Waals surface area contributed by atoms with Crippen LogP contribution in [-0.4, -0.2) is 43.9 Å². The van der Waals surface area contributed by atoms with E-state index in [-0.39, 0.29) is 11.8 Å². The zero-order valence-electron chi connectivity index (χ0n) is 20.2. The van der Waals surface area contributed by atoms with Crippen LogP contribution in [0.15, 0.2) is 60.9 Å². The molecule has 0 atom stereocenters. The number of anilines is 5. The molecule has 4 heterocycles. The van der Waals surface area contributed by atoms with Crippen LogP contribution in [-0.2, 0) is 4.79 Å². The Bertz CT molecular complexity index is 1410. The highest BCUT2D eigenvalue weighted by Gasteiger charge is 2.21. The van der Waals surface area contributed by atoms with Crippen molar-refractivity contribution >= 4 is 46.5 Å².